The molecule has 3 unspecified atom stereocenters. The van der Waals surface area contributed by atoms with Gasteiger partial charge in [-0.2, -0.15) is 0 Å². The lowest BCUT2D eigenvalue weighted by molar-refractivity contribution is 0.00412. The Morgan fingerprint density at radius 3 is 2.89 bits per heavy atom. The molecule has 3 heterocycles. The molecule has 1 N–H and O–H groups in total. The zero-order valence-electron chi connectivity index (χ0n) is 12.1. The largest absolute Gasteiger partial charge is 0.310 e. The van der Waals surface area contributed by atoms with E-state index in [4.69, 9.17) is 0 Å². The molecule has 3 atom stereocenters. The third kappa shape index (κ3) is 2.59. The van der Waals surface area contributed by atoms with Gasteiger partial charge in [-0.25, -0.2) is 0 Å². The second-order valence-corrected chi connectivity index (χ2v) is 7.01. The second kappa shape index (κ2) is 5.10. The maximum atomic E-state index is 3.72. The molecule has 18 heavy (non-hydrogen) atoms. The predicted molar refractivity (Wildman–Crippen MR) is 75.9 cm³/mol. The molecule has 3 heteroatoms. The highest BCUT2D eigenvalue weighted by Gasteiger charge is 2.37. The Morgan fingerprint density at radius 1 is 1.22 bits per heavy atom. The van der Waals surface area contributed by atoms with Gasteiger partial charge in [-0.1, -0.05) is 6.42 Å². The highest BCUT2D eigenvalue weighted by molar-refractivity contribution is 4.96. The summed E-state index contributed by atoms with van der Waals surface area (Å²) < 4.78 is 0. The van der Waals surface area contributed by atoms with Crippen molar-refractivity contribution in [1.29, 1.82) is 0 Å². The van der Waals surface area contributed by atoms with Crippen molar-refractivity contribution in [3.8, 4) is 0 Å². The zero-order chi connectivity index (χ0) is 12.6. The van der Waals surface area contributed by atoms with Crippen molar-refractivity contribution in [3.63, 3.8) is 0 Å². The summed E-state index contributed by atoms with van der Waals surface area (Å²) in [7, 11) is 0. The van der Waals surface area contributed by atoms with Crippen molar-refractivity contribution in [2.45, 2.75) is 63.6 Å². The van der Waals surface area contributed by atoms with Crippen LogP contribution >= 0.6 is 0 Å². The molecular formula is C15H29N3. The standard InChI is InChI=1S/C15H29N3/c1-13-10-17-9-4-3-6-14(17)11-18(13)12-15(2)7-5-8-16-15/h13-14,16H,3-12H2,1-2H3. The van der Waals surface area contributed by atoms with Crippen LogP contribution in [0.5, 0.6) is 0 Å². The molecule has 3 fully saturated rings. The first kappa shape index (κ1) is 12.9. The predicted octanol–water partition coefficient (Wildman–Crippen LogP) is 1.69. The van der Waals surface area contributed by atoms with Gasteiger partial charge in [0.15, 0.2) is 0 Å². The first-order valence-electron chi connectivity index (χ1n) is 7.89. The van der Waals surface area contributed by atoms with Gasteiger partial charge in [-0.3, -0.25) is 9.80 Å². The van der Waals surface area contributed by atoms with E-state index in [1.54, 1.807) is 0 Å². The molecule has 0 spiro atoms. The van der Waals surface area contributed by atoms with Crippen LogP contribution in [0, 0.1) is 0 Å². The molecule has 0 bridgehead atoms. The quantitative estimate of drug-likeness (QED) is 0.806. The summed E-state index contributed by atoms with van der Waals surface area (Å²) in [4.78, 5) is 5.50. The average Bonchev–Trinajstić information content (AvgIpc) is 2.77. The molecule has 3 saturated heterocycles. The molecule has 0 aromatic heterocycles. The molecule has 0 aromatic carbocycles. The van der Waals surface area contributed by atoms with E-state index in [9.17, 15) is 0 Å². The van der Waals surface area contributed by atoms with Gasteiger partial charge < -0.3 is 5.32 Å². The van der Waals surface area contributed by atoms with E-state index < -0.39 is 0 Å². The van der Waals surface area contributed by atoms with E-state index in [-0.39, 0.29) is 0 Å². The molecule has 3 aliphatic heterocycles. The van der Waals surface area contributed by atoms with Crippen LogP contribution in [0.25, 0.3) is 0 Å². The highest BCUT2D eigenvalue weighted by Crippen LogP contribution is 2.27. The van der Waals surface area contributed by atoms with E-state index in [2.05, 4.69) is 29.0 Å². The number of rotatable bonds is 2. The van der Waals surface area contributed by atoms with Gasteiger partial charge in [0.25, 0.3) is 0 Å². The number of hydrogen-bond acceptors (Lipinski definition) is 3. The van der Waals surface area contributed by atoms with E-state index in [1.807, 2.05) is 0 Å². The summed E-state index contributed by atoms with van der Waals surface area (Å²) in [6.45, 7) is 11.2. The number of piperidine rings is 1. The van der Waals surface area contributed by atoms with Gasteiger partial charge >= 0.3 is 0 Å². The van der Waals surface area contributed by atoms with Gasteiger partial charge in [0.2, 0.25) is 0 Å². The van der Waals surface area contributed by atoms with Crippen LogP contribution in [0.1, 0.15) is 46.0 Å². The fourth-order valence-corrected chi connectivity index (χ4v) is 4.17. The maximum Gasteiger partial charge on any atom is 0.0281 e. The Hall–Kier alpha value is -0.120. The smallest absolute Gasteiger partial charge is 0.0281 e. The normalized spacial score (nSPS) is 43.0. The van der Waals surface area contributed by atoms with E-state index in [1.165, 1.54) is 64.8 Å². The van der Waals surface area contributed by atoms with E-state index >= 15 is 0 Å². The van der Waals surface area contributed by atoms with Crippen molar-refractivity contribution >= 4 is 0 Å². The number of fused-ring (bicyclic) bond motifs is 1. The van der Waals surface area contributed by atoms with Crippen molar-refractivity contribution < 1.29 is 0 Å². The lowest BCUT2D eigenvalue weighted by Gasteiger charge is -2.49. The van der Waals surface area contributed by atoms with Crippen LogP contribution in [0.4, 0.5) is 0 Å². The van der Waals surface area contributed by atoms with Crippen LogP contribution in [0.15, 0.2) is 0 Å². The van der Waals surface area contributed by atoms with Crippen molar-refractivity contribution in [2.75, 3.05) is 32.7 Å². The molecule has 0 radical (unpaired) electrons. The van der Waals surface area contributed by atoms with Gasteiger partial charge in [-0.15, -0.1) is 0 Å². The minimum atomic E-state index is 0.380. The Morgan fingerprint density at radius 2 is 2.11 bits per heavy atom. The number of piperazine rings is 1. The highest BCUT2D eigenvalue weighted by atomic mass is 15.3. The monoisotopic (exact) mass is 251 g/mol. The Kier molecular flexibility index (Phi) is 3.65. The maximum absolute atomic E-state index is 3.72. The van der Waals surface area contributed by atoms with Crippen LogP contribution in [0.3, 0.4) is 0 Å². The third-order valence-corrected chi connectivity index (χ3v) is 5.33. The van der Waals surface area contributed by atoms with Gasteiger partial charge in [0.1, 0.15) is 0 Å². The molecule has 0 amide bonds. The minimum absolute atomic E-state index is 0.380. The molecule has 0 saturated carbocycles. The summed E-state index contributed by atoms with van der Waals surface area (Å²) in [5, 5.41) is 3.72. The molecular weight excluding hydrogens is 222 g/mol. The SMILES string of the molecule is CC1CN2CCCCC2CN1CC1(C)CCCN1. The summed E-state index contributed by atoms with van der Waals surface area (Å²) in [6, 6.07) is 1.58. The van der Waals surface area contributed by atoms with Crippen LogP contribution in [0.2, 0.25) is 0 Å². The molecule has 3 aliphatic rings. The van der Waals surface area contributed by atoms with Crippen molar-refractivity contribution in [2.24, 2.45) is 0 Å². The molecule has 3 nitrogen and oxygen atoms in total. The number of nitrogens with zero attached hydrogens (tertiary/aromatic N) is 2. The van der Waals surface area contributed by atoms with Crippen molar-refractivity contribution in [1.82, 2.24) is 15.1 Å². The van der Waals surface area contributed by atoms with Crippen LogP contribution in [-0.2, 0) is 0 Å². The molecule has 0 aromatic rings. The summed E-state index contributed by atoms with van der Waals surface area (Å²) in [5.41, 5.74) is 0.380. The van der Waals surface area contributed by atoms with Gasteiger partial charge in [0.05, 0.1) is 0 Å². The fraction of sp³-hybridized carbons (Fsp3) is 1.00. The Balaban J connectivity index is 1.61. The van der Waals surface area contributed by atoms with E-state index in [0.29, 0.717) is 5.54 Å². The second-order valence-electron chi connectivity index (χ2n) is 7.01. The minimum Gasteiger partial charge on any atom is -0.310 e. The fourth-order valence-electron chi connectivity index (χ4n) is 4.17. The van der Waals surface area contributed by atoms with Gasteiger partial charge in [-0.05, 0) is 52.6 Å². The van der Waals surface area contributed by atoms with Crippen LogP contribution in [-0.4, -0.2) is 60.1 Å². The third-order valence-electron chi connectivity index (χ3n) is 5.33. The molecule has 3 rings (SSSR count). The lowest BCUT2D eigenvalue weighted by Crippen LogP contribution is -2.62. The lowest BCUT2D eigenvalue weighted by atomic mass is 9.93. The zero-order valence-corrected chi connectivity index (χ0v) is 12.1. The Bertz CT molecular complexity index is 285. The Labute approximate surface area is 112 Å². The van der Waals surface area contributed by atoms with Crippen LogP contribution < -0.4 is 5.32 Å². The molecule has 0 aliphatic carbocycles. The summed E-state index contributed by atoms with van der Waals surface area (Å²) >= 11 is 0. The average molecular weight is 251 g/mol. The summed E-state index contributed by atoms with van der Waals surface area (Å²) in [5.74, 6) is 0. The topological polar surface area (TPSA) is 18.5 Å². The van der Waals surface area contributed by atoms with Crippen molar-refractivity contribution in [3.05, 3.63) is 0 Å². The van der Waals surface area contributed by atoms with E-state index in [0.717, 1.165) is 12.1 Å². The number of hydrogen-bond donors (Lipinski definition) is 1. The number of nitrogens with one attached hydrogen (secondary N) is 1. The van der Waals surface area contributed by atoms with Gasteiger partial charge in [0, 0.05) is 37.3 Å². The summed E-state index contributed by atoms with van der Waals surface area (Å²) in [6.07, 6.45) is 6.99. The first-order chi connectivity index (χ1) is 8.66. The first-order valence-corrected chi connectivity index (χ1v) is 7.89. The molecule has 104 valence electrons.